The molecule has 0 radical (unpaired) electrons. The molecule has 1 aromatic carbocycles. The predicted octanol–water partition coefficient (Wildman–Crippen LogP) is 4.35. The Labute approximate surface area is 204 Å². The first-order chi connectivity index (χ1) is 16.5. The second kappa shape index (κ2) is 8.15. The molecule has 3 atom stereocenters. The summed E-state index contributed by atoms with van der Waals surface area (Å²) < 4.78 is 29.1. The van der Waals surface area contributed by atoms with Gasteiger partial charge < -0.3 is 15.3 Å². The highest BCUT2D eigenvalue weighted by Crippen LogP contribution is 2.59. The summed E-state index contributed by atoms with van der Waals surface area (Å²) in [5.74, 6) is -4.90. The molecule has 1 aliphatic carbocycles. The molecule has 1 saturated carbocycles. The SMILES string of the molecule is CCn1c(N2CC3C(C2)C3(F)F)nc2c([C@H](C)Nc3ccc(Cl)nc3C(=O)O)cc(C)cc2c1=O. The molecular formula is C24H24ClF2N5O3. The maximum absolute atomic E-state index is 13.8. The monoisotopic (exact) mass is 503 g/mol. The number of carboxylic acid groups (broad SMARTS) is 1. The van der Waals surface area contributed by atoms with Gasteiger partial charge in [0, 0.05) is 25.2 Å². The molecule has 2 aromatic heterocycles. The third kappa shape index (κ3) is 3.80. The van der Waals surface area contributed by atoms with E-state index in [2.05, 4.69) is 10.3 Å². The average molecular weight is 504 g/mol. The van der Waals surface area contributed by atoms with E-state index in [-0.39, 0.29) is 35.2 Å². The number of benzene rings is 1. The van der Waals surface area contributed by atoms with Gasteiger partial charge in [-0.05, 0) is 44.5 Å². The first kappa shape index (κ1) is 23.5. The van der Waals surface area contributed by atoms with Gasteiger partial charge in [-0.1, -0.05) is 17.7 Å². The highest BCUT2D eigenvalue weighted by atomic mass is 35.5. The number of anilines is 2. The van der Waals surface area contributed by atoms with Gasteiger partial charge in [0.15, 0.2) is 5.69 Å². The van der Waals surface area contributed by atoms with Crippen molar-refractivity contribution in [2.24, 2.45) is 11.8 Å². The van der Waals surface area contributed by atoms with Gasteiger partial charge in [-0.15, -0.1) is 0 Å². The van der Waals surface area contributed by atoms with Crippen LogP contribution in [-0.2, 0) is 6.54 Å². The Morgan fingerprint density at radius 3 is 2.60 bits per heavy atom. The number of rotatable bonds is 6. The maximum Gasteiger partial charge on any atom is 0.356 e. The Morgan fingerprint density at radius 2 is 1.97 bits per heavy atom. The molecular weight excluding hydrogens is 480 g/mol. The lowest BCUT2D eigenvalue weighted by molar-refractivity contribution is 0.0691. The number of aryl methyl sites for hydroxylation is 1. The van der Waals surface area contributed by atoms with E-state index < -0.39 is 29.8 Å². The number of hydrogen-bond acceptors (Lipinski definition) is 6. The van der Waals surface area contributed by atoms with E-state index in [4.69, 9.17) is 16.6 Å². The smallest absolute Gasteiger partial charge is 0.356 e. The first-order valence-electron chi connectivity index (χ1n) is 11.4. The van der Waals surface area contributed by atoms with Gasteiger partial charge in [0.05, 0.1) is 34.5 Å². The lowest BCUT2D eigenvalue weighted by Crippen LogP contribution is -2.35. The van der Waals surface area contributed by atoms with Crippen molar-refractivity contribution in [1.29, 1.82) is 0 Å². The topological polar surface area (TPSA) is 100 Å². The van der Waals surface area contributed by atoms with E-state index in [1.807, 2.05) is 26.8 Å². The summed E-state index contributed by atoms with van der Waals surface area (Å²) in [7, 11) is 0. The van der Waals surface area contributed by atoms with Gasteiger partial charge in [-0.2, -0.15) is 0 Å². The zero-order valence-electron chi connectivity index (χ0n) is 19.3. The number of halogens is 3. The summed E-state index contributed by atoms with van der Waals surface area (Å²) >= 11 is 5.87. The van der Waals surface area contributed by atoms with E-state index >= 15 is 0 Å². The fourth-order valence-electron chi connectivity index (χ4n) is 5.04. The number of fused-ring (bicyclic) bond motifs is 2. The number of aromatic nitrogens is 3. The number of pyridine rings is 1. The zero-order chi connectivity index (χ0) is 25.2. The molecule has 0 amide bonds. The Balaban J connectivity index is 1.59. The van der Waals surface area contributed by atoms with Crippen LogP contribution in [0.15, 0.2) is 29.1 Å². The van der Waals surface area contributed by atoms with Crippen molar-refractivity contribution >= 4 is 40.1 Å². The highest BCUT2D eigenvalue weighted by Gasteiger charge is 2.72. The van der Waals surface area contributed by atoms with Crippen LogP contribution < -0.4 is 15.8 Å². The Bertz CT molecular complexity index is 1410. The molecule has 2 N–H and O–H groups in total. The number of carboxylic acids is 1. The fraction of sp³-hybridized carbons (Fsp3) is 0.417. The van der Waals surface area contributed by atoms with Crippen LogP contribution in [0.5, 0.6) is 0 Å². The third-order valence-electron chi connectivity index (χ3n) is 6.91. The predicted molar refractivity (Wildman–Crippen MR) is 129 cm³/mol. The lowest BCUT2D eigenvalue weighted by atomic mass is 10.0. The Morgan fingerprint density at radius 1 is 1.29 bits per heavy atom. The van der Waals surface area contributed by atoms with Gasteiger partial charge in [-0.3, -0.25) is 9.36 Å². The highest BCUT2D eigenvalue weighted by molar-refractivity contribution is 6.29. The number of piperidine rings is 1. The van der Waals surface area contributed by atoms with Gasteiger partial charge in [0.25, 0.3) is 11.5 Å². The summed E-state index contributed by atoms with van der Waals surface area (Å²) in [4.78, 5) is 35.6. The minimum atomic E-state index is -2.64. The van der Waals surface area contributed by atoms with Crippen molar-refractivity contribution < 1.29 is 18.7 Å². The van der Waals surface area contributed by atoms with Crippen LogP contribution in [0.2, 0.25) is 5.15 Å². The van der Waals surface area contributed by atoms with Crippen LogP contribution in [0.4, 0.5) is 20.4 Å². The molecule has 2 aliphatic rings. The molecule has 35 heavy (non-hydrogen) atoms. The number of carbonyl (C=O) groups is 1. The molecule has 1 saturated heterocycles. The van der Waals surface area contributed by atoms with Crippen molar-refractivity contribution in [3.8, 4) is 0 Å². The quantitative estimate of drug-likeness (QED) is 0.482. The molecule has 3 heterocycles. The Hall–Kier alpha value is -3.27. The molecule has 5 rings (SSSR count). The van der Waals surface area contributed by atoms with E-state index in [0.29, 0.717) is 29.0 Å². The van der Waals surface area contributed by atoms with Gasteiger partial charge >= 0.3 is 5.97 Å². The molecule has 0 spiro atoms. The molecule has 11 heteroatoms. The van der Waals surface area contributed by atoms with Crippen LogP contribution >= 0.6 is 11.6 Å². The number of nitrogens with zero attached hydrogens (tertiary/aromatic N) is 4. The molecule has 184 valence electrons. The Kier molecular flexibility index (Phi) is 5.47. The zero-order valence-corrected chi connectivity index (χ0v) is 20.1. The molecule has 3 aromatic rings. The van der Waals surface area contributed by atoms with Crippen molar-refractivity contribution in [2.75, 3.05) is 23.3 Å². The molecule has 2 unspecified atom stereocenters. The number of alkyl halides is 2. The largest absolute Gasteiger partial charge is 0.476 e. The normalized spacial score (nSPS) is 21.1. The standard InChI is InChI=1S/C24H24ClF2N5O3/c1-4-32-21(33)14-8-11(2)7-13(12(3)28-17-5-6-18(25)29-20(17)22(34)35)19(14)30-23(32)31-9-15-16(10-31)24(15,26)27/h5-8,12,15-16,28H,4,9-10H2,1-3H3,(H,34,35)/t12-,15?,16?/m0/s1. The number of nitrogens with one attached hydrogen (secondary N) is 1. The maximum atomic E-state index is 13.8. The molecule has 1 aliphatic heterocycles. The number of hydrogen-bond donors (Lipinski definition) is 2. The van der Waals surface area contributed by atoms with Crippen molar-refractivity contribution in [1.82, 2.24) is 14.5 Å². The van der Waals surface area contributed by atoms with E-state index in [1.165, 1.54) is 16.7 Å². The minimum Gasteiger partial charge on any atom is -0.476 e. The summed E-state index contributed by atoms with van der Waals surface area (Å²) in [5.41, 5.74) is 1.78. The molecule has 2 fully saturated rings. The van der Waals surface area contributed by atoms with Gasteiger partial charge in [0.2, 0.25) is 5.95 Å². The lowest BCUT2D eigenvalue weighted by Gasteiger charge is -2.25. The van der Waals surface area contributed by atoms with Gasteiger partial charge in [-0.25, -0.2) is 23.5 Å². The van der Waals surface area contributed by atoms with Crippen molar-refractivity contribution in [3.05, 3.63) is 56.6 Å². The van der Waals surface area contributed by atoms with Crippen molar-refractivity contribution in [2.45, 2.75) is 39.3 Å². The first-order valence-corrected chi connectivity index (χ1v) is 11.7. The van der Waals surface area contributed by atoms with E-state index in [0.717, 1.165) is 5.56 Å². The van der Waals surface area contributed by atoms with Crippen LogP contribution in [0.3, 0.4) is 0 Å². The van der Waals surface area contributed by atoms with Gasteiger partial charge in [0.1, 0.15) is 5.15 Å². The number of aromatic carboxylic acids is 1. The third-order valence-corrected chi connectivity index (χ3v) is 7.12. The van der Waals surface area contributed by atoms with Crippen LogP contribution in [-0.4, -0.2) is 44.6 Å². The summed E-state index contributed by atoms with van der Waals surface area (Å²) in [5, 5.41) is 13.2. The van der Waals surface area contributed by atoms with Crippen molar-refractivity contribution in [3.63, 3.8) is 0 Å². The second-order valence-electron chi connectivity index (χ2n) is 9.21. The minimum absolute atomic E-state index is 0.0577. The van der Waals surface area contributed by atoms with Crippen LogP contribution in [0, 0.1) is 18.8 Å². The van der Waals surface area contributed by atoms with Crippen LogP contribution in [0.1, 0.15) is 41.5 Å². The summed E-state index contributed by atoms with van der Waals surface area (Å²) in [6.45, 7) is 6.18. The molecule has 8 nitrogen and oxygen atoms in total. The fourth-order valence-corrected chi connectivity index (χ4v) is 5.19. The average Bonchev–Trinajstić information content (AvgIpc) is 3.13. The molecule has 0 bridgehead atoms. The van der Waals surface area contributed by atoms with Crippen LogP contribution in [0.25, 0.3) is 10.9 Å². The second-order valence-corrected chi connectivity index (χ2v) is 9.59. The summed E-state index contributed by atoms with van der Waals surface area (Å²) in [6.07, 6.45) is 0. The van der Waals surface area contributed by atoms with E-state index in [9.17, 15) is 23.5 Å². The van der Waals surface area contributed by atoms with E-state index in [1.54, 1.807) is 11.0 Å². The summed E-state index contributed by atoms with van der Waals surface area (Å²) in [6, 6.07) is 6.21.